The van der Waals surface area contributed by atoms with Gasteiger partial charge in [0.2, 0.25) is 0 Å². The van der Waals surface area contributed by atoms with E-state index in [1.54, 1.807) is 0 Å². The second-order valence-corrected chi connectivity index (χ2v) is 7.83. The van der Waals surface area contributed by atoms with Crippen LogP contribution in [0.4, 0.5) is 0 Å². The van der Waals surface area contributed by atoms with E-state index in [4.69, 9.17) is 10.5 Å². The first-order chi connectivity index (χ1) is 10.3. The predicted molar refractivity (Wildman–Crippen MR) is 93.4 cm³/mol. The van der Waals surface area contributed by atoms with Crippen molar-refractivity contribution in [3.63, 3.8) is 0 Å². The molecule has 1 aromatic rings. The summed E-state index contributed by atoms with van der Waals surface area (Å²) in [6, 6.07) is 8.61. The van der Waals surface area contributed by atoms with Crippen LogP contribution < -0.4 is 10.5 Å². The Balaban J connectivity index is 2.10. The first kappa shape index (κ1) is 16.9. The lowest BCUT2D eigenvalue weighted by molar-refractivity contribution is 0.170. The van der Waals surface area contributed by atoms with E-state index in [-0.39, 0.29) is 6.04 Å². The maximum absolute atomic E-state index is 6.07. The fourth-order valence-electron chi connectivity index (χ4n) is 3.76. The van der Waals surface area contributed by atoms with E-state index in [2.05, 4.69) is 45.7 Å². The summed E-state index contributed by atoms with van der Waals surface area (Å²) >= 11 is 0. The van der Waals surface area contributed by atoms with Gasteiger partial charge in [-0.05, 0) is 48.1 Å². The molecule has 0 spiro atoms. The van der Waals surface area contributed by atoms with Gasteiger partial charge in [-0.15, -0.1) is 0 Å². The smallest absolute Gasteiger partial charge is 0.287 e. The SMILES string of the molecule is CC1CC(N=C(N)Oc2ccccc2C(C)C)CC(C)(C)C1. The van der Waals surface area contributed by atoms with Gasteiger partial charge in [0.15, 0.2) is 0 Å². The van der Waals surface area contributed by atoms with Crippen molar-refractivity contribution >= 4 is 6.02 Å². The summed E-state index contributed by atoms with van der Waals surface area (Å²) in [5, 5.41) is 0. The molecule has 2 unspecified atom stereocenters. The Kier molecular flexibility index (Phi) is 5.15. The highest BCUT2D eigenvalue weighted by Crippen LogP contribution is 2.39. The molecule has 22 heavy (non-hydrogen) atoms. The quantitative estimate of drug-likeness (QED) is 0.649. The zero-order valence-corrected chi connectivity index (χ0v) is 14.6. The molecule has 1 aliphatic carbocycles. The number of rotatable bonds is 3. The third-order valence-corrected chi connectivity index (χ3v) is 4.43. The van der Waals surface area contributed by atoms with Crippen LogP contribution in [0.25, 0.3) is 0 Å². The molecule has 0 amide bonds. The number of nitrogens with zero attached hydrogens (tertiary/aromatic N) is 1. The summed E-state index contributed by atoms with van der Waals surface area (Å²) in [4.78, 5) is 4.65. The van der Waals surface area contributed by atoms with E-state index in [1.165, 1.54) is 6.42 Å². The van der Waals surface area contributed by atoms with E-state index in [0.717, 1.165) is 24.2 Å². The molecule has 0 bridgehead atoms. The van der Waals surface area contributed by atoms with Gasteiger partial charge in [0.25, 0.3) is 6.02 Å². The lowest BCUT2D eigenvalue weighted by atomic mass is 9.71. The minimum atomic E-state index is 0.268. The summed E-state index contributed by atoms with van der Waals surface area (Å²) < 4.78 is 5.84. The van der Waals surface area contributed by atoms with Gasteiger partial charge in [0.05, 0.1) is 6.04 Å². The number of ether oxygens (including phenoxy) is 1. The average Bonchev–Trinajstić information content (AvgIpc) is 2.36. The molecule has 0 saturated heterocycles. The Morgan fingerprint density at radius 3 is 2.59 bits per heavy atom. The Labute approximate surface area is 135 Å². The van der Waals surface area contributed by atoms with Gasteiger partial charge < -0.3 is 10.5 Å². The third kappa shape index (κ3) is 4.49. The largest absolute Gasteiger partial charge is 0.426 e. The Bertz CT molecular complexity index is 534. The monoisotopic (exact) mass is 302 g/mol. The van der Waals surface area contributed by atoms with E-state index in [0.29, 0.717) is 23.3 Å². The third-order valence-electron chi connectivity index (χ3n) is 4.43. The van der Waals surface area contributed by atoms with Crippen LogP contribution in [-0.2, 0) is 0 Å². The second kappa shape index (κ2) is 6.72. The number of nitrogens with two attached hydrogens (primary N) is 1. The van der Waals surface area contributed by atoms with Crippen molar-refractivity contribution in [3.05, 3.63) is 29.8 Å². The van der Waals surface area contributed by atoms with Crippen LogP contribution in [-0.4, -0.2) is 12.1 Å². The zero-order chi connectivity index (χ0) is 16.3. The Morgan fingerprint density at radius 2 is 1.95 bits per heavy atom. The number of aliphatic imine (C=N–C) groups is 1. The summed E-state index contributed by atoms with van der Waals surface area (Å²) in [6.07, 6.45) is 3.43. The fraction of sp³-hybridized carbons (Fsp3) is 0.632. The molecule has 0 aromatic heterocycles. The van der Waals surface area contributed by atoms with Gasteiger partial charge in [-0.25, -0.2) is 4.99 Å². The van der Waals surface area contributed by atoms with Crippen molar-refractivity contribution in [1.82, 2.24) is 0 Å². The van der Waals surface area contributed by atoms with Gasteiger partial charge >= 0.3 is 0 Å². The number of hydrogen-bond acceptors (Lipinski definition) is 2. The maximum Gasteiger partial charge on any atom is 0.287 e. The summed E-state index contributed by atoms with van der Waals surface area (Å²) in [5.41, 5.74) is 7.57. The van der Waals surface area contributed by atoms with Crippen molar-refractivity contribution in [2.75, 3.05) is 0 Å². The second-order valence-electron chi connectivity index (χ2n) is 7.83. The number of para-hydroxylation sites is 1. The highest BCUT2D eigenvalue weighted by Gasteiger charge is 2.32. The highest BCUT2D eigenvalue weighted by molar-refractivity contribution is 5.74. The zero-order valence-electron chi connectivity index (χ0n) is 14.6. The molecule has 2 atom stereocenters. The molecule has 1 aliphatic rings. The van der Waals surface area contributed by atoms with Gasteiger partial charge in [0, 0.05) is 0 Å². The molecule has 122 valence electrons. The van der Waals surface area contributed by atoms with Crippen molar-refractivity contribution in [2.24, 2.45) is 22.1 Å². The van der Waals surface area contributed by atoms with Crippen LogP contribution in [0.1, 0.15) is 65.4 Å². The molecule has 3 heteroatoms. The molecule has 1 saturated carbocycles. The van der Waals surface area contributed by atoms with E-state index < -0.39 is 0 Å². The van der Waals surface area contributed by atoms with Gasteiger partial charge in [-0.1, -0.05) is 52.8 Å². The lowest BCUT2D eigenvalue weighted by Gasteiger charge is -2.37. The van der Waals surface area contributed by atoms with E-state index in [9.17, 15) is 0 Å². The van der Waals surface area contributed by atoms with Crippen LogP contribution in [0.5, 0.6) is 5.75 Å². The number of amidine groups is 1. The summed E-state index contributed by atoms with van der Waals surface area (Å²) in [6.45, 7) is 11.2. The Hall–Kier alpha value is -1.51. The van der Waals surface area contributed by atoms with Gasteiger partial charge in [-0.2, -0.15) is 0 Å². The maximum atomic E-state index is 6.07. The molecule has 3 nitrogen and oxygen atoms in total. The number of hydrogen-bond donors (Lipinski definition) is 1. The standard InChI is InChI=1S/C19H30N2O/c1-13(2)16-8-6-7-9-17(16)22-18(20)21-15-10-14(3)11-19(4,5)12-15/h6-9,13-15H,10-12H2,1-5H3,(H2,20,21). The lowest BCUT2D eigenvalue weighted by Crippen LogP contribution is -2.32. The topological polar surface area (TPSA) is 47.6 Å². The van der Waals surface area contributed by atoms with Crippen LogP contribution in [0.2, 0.25) is 0 Å². The molecule has 1 fully saturated rings. The predicted octanol–water partition coefficient (Wildman–Crippen LogP) is 4.72. The first-order valence-electron chi connectivity index (χ1n) is 8.37. The minimum absolute atomic E-state index is 0.268. The normalized spacial score (nSPS) is 25.3. The summed E-state index contributed by atoms with van der Waals surface area (Å²) in [5.74, 6) is 1.91. The Morgan fingerprint density at radius 1 is 1.27 bits per heavy atom. The van der Waals surface area contributed by atoms with Crippen molar-refractivity contribution < 1.29 is 4.74 Å². The number of benzene rings is 1. The average molecular weight is 302 g/mol. The van der Waals surface area contributed by atoms with E-state index >= 15 is 0 Å². The fourth-order valence-corrected chi connectivity index (χ4v) is 3.76. The molecule has 0 heterocycles. The van der Waals surface area contributed by atoms with Gasteiger partial charge in [-0.3, -0.25) is 0 Å². The van der Waals surface area contributed by atoms with Crippen LogP contribution >= 0.6 is 0 Å². The first-order valence-corrected chi connectivity index (χ1v) is 8.37. The van der Waals surface area contributed by atoms with Crippen LogP contribution in [0, 0.1) is 11.3 Å². The molecular formula is C19H30N2O. The molecular weight excluding hydrogens is 272 g/mol. The molecule has 1 aromatic carbocycles. The van der Waals surface area contributed by atoms with Crippen LogP contribution in [0.3, 0.4) is 0 Å². The summed E-state index contributed by atoms with van der Waals surface area (Å²) in [7, 11) is 0. The minimum Gasteiger partial charge on any atom is -0.426 e. The molecule has 0 aliphatic heterocycles. The molecule has 0 radical (unpaired) electrons. The highest BCUT2D eigenvalue weighted by atomic mass is 16.5. The van der Waals surface area contributed by atoms with Gasteiger partial charge in [0.1, 0.15) is 5.75 Å². The van der Waals surface area contributed by atoms with Crippen LogP contribution in [0.15, 0.2) is 29.3 Å². The van der Waals surface area contributed by atoms with Crippen molar-refractivity contribution in [1.29, 1.82) is 0 Å². The molecule has 2 N–H and O–H groups in total. The van der Waals surface area contributed by atoms with E-state index in [1.807, 2.05) is 18.2 Å². The molecule has 2 rings (SSSR count). The van der Waals surface area contributed by atoms with Crippen molar-refractivity contribution in [2.45, 2.75) is 65.8 Å². The van der Waals surface area contributed by atoms with Crippen molar-refractivity contribution in [3.8, 4) is 5.75 Å².